The molecule has 0 heterocycles. The van der Waals surface area contributed by atoms with Crippen molar-refractivity contribution in [2.24, 2.45) is 10.3 Å². The van der Waals surface area contributed by atoms with E-state index in [1.54, 1.807) is 0 Å². The van der Waals surface area contributed by atoms with Crippen LogP contribution in [0.15, 0.2) is 46.7 Å². The van der Waals surface area contributed by atoms with Crippen molar-refractivity contribution in [3.63, 3.8) is 0 Å². The van der Waals surface area contributed by atoms with Crippen LogP contribution in [0.2, 0.25) is 5.02 Å². The number of ether oxygens (including phenoxy) is 1. The van der Waals surface area contributed by atoms with Gasteiger partial charge >= 0.3 is 0 Å². The first kappa shape index (κ1) is 24.2. The fourth-order valence-corrected chi connectivity index (χ4v) is 2.90. The minimum atomic E-state index is 0.357. The highest BCUT2D eigenvalue weighted by Gasteiger charge is 2.10. The lowest BCUT2D eigenvalue weighted by Crippen LogP contribution is -2.05. The molecule has 2 rings (SSSR count). The van der Waals surface area contributed by atoms with E-state index in [0.29, 0.717) is 18.1 Å². The van der Waals surface area contributed by atoms with Gasteiger partial charge in [-0.1, -0.05) is 40.1 Å². The second-order valence-electron chi connectivity index (χ2n) is 6.26. The van der Waals surface area contributed by atoms with Crippen LogP contribution in [-0.4, -0.2) is 32.1 Å². The van der Waals surface area contributed by atoms with Gasteiger partial charge in [0, 0.05) is 21.7 Å². The van der Waals surface area contributed by atoms with E-state index >= 15 is 0 Å². The second-order valence-corrected chi connectivity index (χ2v) is 6.70. The van der Waals surface area contributed by atoms with Gasteiger partial charge in [-0.15, -0.1) is 0 Å². The molecule has 0 saturated carbocycles. The maximum Gasteiger partial charge on any atom is 0.292 e. The van der Waals surface area contributed by atoms with Crippen molar-refractivity contribution < 1.29 is 19.2 Å². The van der Waals surface area contributed by atoms with Gasteiger partial charge in [-0.3, -0.25) is 4.79 Å². The zero-order valence-electron chi connectivity index (χ0n) is 17.7. The van der Waals surface area contributed by atoms with Crippen molar-refractivity contribution in [2.75, 3.05) is 14.2 Å². The molecule has 156 valence electrons. The van der Waals surface area contributed by atoms with Gasteiger partial charge in [0.1, 0.15) is 13.7 Å². The van der Waals surface area contributed by atoms with E-state index in [0.717, 1.165) is 39.2 Å². The Bertz CT molecular complexity index is 859. The molecular formula is C22H27ClN2O4. The van der Waals surface area contributed by atoms with Gasteiger partial charge in [-0.25, -0.2) is 0 Å². The zero-order chi connectivity index (χ0) is 21.8. The summed E-state index contributed by atoms with van der Waals surface area (Å²) in [5, 5.41) is 8.96. The normalized spacial score (nSPS) is 11.3. The summed E-state index contributed by atoms with van der Waals surface area (Å²) in [6, 6.07) is 11.9. The quantitative estimate of drug-likeness (QED) is 0.358. The van der Waals surface area contributed by atoms with Crippen molar-refractivity contribution in [1.29, 1.82) is 0 Å². The van der Waals surface area contributed by atoms with Crippen molar-refractivity contribution >= 4 is 29.5 Å². The highest BCUT2D eigenvalue weighted by atomic mass is 35.5. The predicted molar refractivity (Wildman–Crippen MR) is 117 cm³/mol. The highest BCUT2D eigenvalue weighted by Crippen LogP contribution is 2.18. The molecule has 0 unspecified atom stereocenters. The molecule has 0 radical (unpaired) electrons. The molecule has 2 aromatic rings. The van der Waals surface area contributed by atoms with Gasteiger partial charge in [0.25, 0.3) is 6.47 Å². The second kappa shape index (κ2) is 12.6. The van der Waals surface area contributed by atoms with Crippen LogP contribution >= 0.6 is 11.6 Å². The van der Waals surface area contributed by atoms with Crippen LogP contribution < -0.4 is 0 Å². The molecule has 0 atom stereocenters. The third-order valence-electron chi connectivity index (χ3n) is 3.99. The Morgan fingerprint density at radius 3 is 2.34 bits per heavy atom. The molecule has 0 aliphatic carbocycles. The van der Waals surface area contributed by atoms with Crippen molar-refractivity contribution in [2.45, 2.75) is 34.3 Å². The lowest BCUT2D eigenvalue weighted by molar-refractivity contribution is -0.126. The molecule has 6 nitrogen and oxygen atoms in total. The lowest BCUT2D eigenvalue weighted by Gasteiger charge is -2.11. The Balaban J connectivity index is 0.000000960. The van der Waals surface area contributed by atoms with Gasteiger partial charge in [-0.05, 0) is 57.0 Å². The maximum atomic E-state index is 8.95. The largest absolute Gasteiger partial charge is 0.471 e. The van der Waals surface area contributed by atoms with Crippen LogP contribution in [0.5, 0.6) is 0 Å². The third-order valence-corrected chi connectivity index (χ3v) is 4.21. The van der Waals surface area contributed by atoms with E-state index in [-0.39, 0.29) is 0 Å². The molecular weight excluding hydrogens is 392 g/mol. The molecule has 2 aromatic carbocycles. The van der Waals surface area contributed by atoms with Gasteiger partial charge < -0.3 is 14.4 Å². The van der Waals surface area contributed by atoms with Gasteiger partial charge in [-0.2, -0.15) is 0 Å². The first-order chi connectivity index (χ1) is 13.8. The monoisotopic (exact) mass is 418 g/mol. The molecule has 0 N–H and O–H groups in total. The van der Waals surface area contributed by atoms with E-state index in [9.17, 15) is 0 Å². The lowest BCUT2D eigenvalue weighted by atomic mass is 10.00. The average Bonchev–Trinajstić information content (AvgIpc) is 2.68. The molecule has 0 aromatic heterocycles. The minimum absolute atomic E-state index is 0.357. The number of hydrogen-bond acceptors (Lipinski definition) is 6. The van der Waals surface area contributed by atoms with Crippen molar-refractivity contribution in [1.82, 2.24) is 0 Å². The molecule has 0 bridgehead atoms. The Morgan fingerprint density at radius 2 is 1.76 bits per heavy atom. The number of methoxy groups -OCH3 is 1. The standard InChI is InChI=1S/C20H23ClN2O2.C2H4O2/c1-13-9-17(11-18(21)10-13)15(3)23-25-12-20-14(2)7-6-8-19(20)16(4)22-24-5;1-4-2-3/h6-11H,12H2,1-5H3;2H,1H3/b22-16-,23-15+;. The number of carbonyl (C=O) groups excluding carboxylic acids is 1. The fourth-order valence-electron chi connectivity index (χ4n) is 2.61. The smallest absolute Gasteiger partial charge is 0.292 e. The Morgan fingerprint density at radius 1 is 1.07 bits per heavy atom. The first-order valence-corrected chi connectivity index (χ1v) is 9.29. The predicted octanol–water partition coefficient (Wildman–Crippen LogP) is 5.06. The number of carbonyl (C=O) groups is 1. The maximum absolute atomic E-state index is 8.95. The Kier molecular flexibility index (Phi) is 10.5. The van der Waals surface area contributed by atoms with E-state index < -0.39 is 0 Å². The summed E-state index contributed by atoms with van der Waals surface area (Å²) >= 11 is 6.11. The molecule has 0 fully saturated rings. The first-order valence-electron chi connectivity index (χ1n) is 8.91. The van der Waals surface area contributed by atoms with Crippen LogP contribution in [0.25, 0.3) is 0 Å². The number of benzene rings is 2. The summed E-state index contributed by atoms with van der Waals surface area (Å²) in [7, 11) is 2.85. The molecule has 0 aliphatic heterocycles. The molecule has 0 aliphatic rings. The number of hydrogen-bond donors (Lipinski definition) is 0. The third kappa shape index (κ3) is 7.95. The summed E-state index contributed by atoms with van der Waals surface area (Å²) in [4.78, 5) is 19.4. The van der Waals surface area contributed by atoms with Crippen LogP contribution in [0.3, 0.4) is 0 Å². The summed E-state index contributed by atoms with van der Waals surface area (Å²) in [6.45, 7) is 8.59. The van der Waals surface area contributed by atoms with Gasteiger partial charge in [0.15, 0.2) is 0 Å². The SMILES string of the molecule is CO/N=C(/C)c1cccc(C)c1CO/N=C(\C)c1cc(C)cc(Cl)c1.COC=O. The number of rotatable bonds is 7. The summed E-state index contributed by atoms with van der Waals surface area (Å²) in [6.07, 6.45) is 0. The summed E-state index contributed by atoms with van der Waals surface area (Å²) < 4.78 is 3.86. The Hall–Kier alpha value is -2.86. The minimum Gasteiger partial charge on any atom is -0.471 e. The molecule has 0 spiro atoms. The van der Waals surface area contributed by atoms with Gasteiger partial charge in [0.2, 0.25) is 0 Å². The van der Waals surface area contributed by atoms with E-state index in [1.807, 2.05) is 64.1 Å². The van der Waals surface area contributed by atoms with Crippen LogP contribution in [0, 0.1) is 13.8 Å². The highest BCUT2D eigenvalue weighted by molar-refractivity contribution is 6.31. The molecule has 29 heavy (non-hydrogen) atoms. The van der Waals surface area contributed by atoms with Crippen molar-refractivity contribution in [3.8, 4) is 0 Å². The topological polar surface area (TPSA) is 69.5 Å². The summed E-state index contributed by atoms with van der Waals surface area (Å²) in [5.41, 5.74) is 6.78. The number of aryl methyl sites for hydroxylation is 2. The molecule has 0 amide bonds. The number of oxime groups is 2. The van der Waals surface area contributed by atoms with Gasteiger partial charge in [0.05, 0.1) is 18.5 Å². The van der Waals surface area contributed by atoms with Crippen LogP contribution in [0.1, 0.15) is 41.7 Å². The van der Waals surface area contributed by atoms with Crippen LogP contribution in [0.4, 0.5) is 0 Å². The van der Waals surface area contributed by atoms with Crippen LogP contribution in [-0.2, 0) is 25.8 Å². The molecule has 7 heteroatoms. The zero-order valence-corrected chi connectivity index (χ0v) is 18.4. The molecule has 0 saturated heterocycles. The van der Waals surface area contributed by atoms with E-state index in [4.69, 9.17) is 26.1 Å². The van der Waals surface area contributed by atoms with E-state index in [2.05, 4.69) is 15.0 Å². The van der Waals surface area contributed by atoms with Crippen molar-refractivity contribution in [3.05, 3.63) is 69.2 Å². The Labute approximate surface area is 177 Å². The fraction of sp³-hybridized carbons (Fsp3) is 0.318. The number of halogens is 1. The summed E-state index contributed by atoms with van der Waals surface area (Å²) in [5.74, 6) is 0. The average molecular weight is 419 g/mol. The van der Waals surface area contributed by atoms with E-state index in [1.165, 1.54) is 14.2 Å². The number of nitrogens with zero attached hydrogens (tertiary/aromatic N) is 2.